The maximum atomic E-state index is 11.8. The molecule has 0 spiro atoms. The number of aromatic nitrogens is 3. The van der Waals surface area contributed by atoms with Crippen LogP contribution in [0.3, 0.4) is 0 Å². The van der Waals surface area contributed by atoms with E-state index in [0.717, 1.165) is 16.8 Å². The molecule has 1 aliphatic rings. The number of carbonyl (C=O) groups excluding carboxylic acids is 2. The molecule has 1 aliphatic heterocycles. The van der Waals surface area contributed by atoms with Crippen LogP contribution in [0.4, 0.5) is 4.79 Å². The first kappa shape index (κ1) is 19.5. The van der Waals surface area contributed by atoms with Crippen LogP contribution in [0.1, 0.15) is 5.56 Å². The summed E-state index contributed by atoms with van der Waals surface area (Å²) in [7, 11) is 0. The second-order valence-electron chi connectivity index (χ2n) is 6.54. The number of aryl methyl sites for hydroxylation is 1. The van der Waals surface area contributed by atoms with Crippen LogP contribution in [0.2, 0.25) is 5.02 Å². The van der Waals surface area contributed by atoms with Crippen molar-refractivity contribution >= 4 is 35.3 Å². The third-order valence-electron chi connectivity index (χ3n) is 4.48. The van der Waals surface area contributed by atoms with Gasteiger partial charge in [-0.15, -0.1) is 10.2 Å². The molecule has 2 aromatic carbocycles. The van der Waals surface area contributed by atoms with Gasteiger partial charge in [0.25, 0.3) is 0 Å². The summed E-state index contributed by atoms with van der Waals surface area (Å²) in [5.41, 5.74) is 2.95. The Kier molecular flexibility index (Phi) is 5.55. The summed E-state index contributed by atoms with van der Waals surface area (Å²) in [6, 6.07) is 15.2. The predicted octanol–water partition coefficient (Wildman–Crippen LogP) is 3.54. The highest BCUT2D eigenvalue weighted by atomic mass is 35.5. The first-order valence-electron chi connectivity index (χ1n) is 9.02. The molecule has 9 heteroatoms. The van der Waals surface area contributed by atoms with Crippen LogP contribution in [0.15, 0.2) is 53.7 Å². The van der Waals surface area contributed by atoms with Gasteiger partial charge < -0.3 is 5.32 Å². The van der Waals surface area contributed by atoms with E-state index in [1.165, 1.54) is 16.7 Å². The third-order valence-corrected chi connectivity index (χ3v) is 5.64. The molecule has 1 N–H and O–H groups in total. The Hall–Kier alpha value is -2.84. The van der Waals surface area contributed by atoms with Crippen molar-refractivity contribution in [2.75, 3.05) is 18.8 Å². The van der Waals surface area contributed by atoms with E-state index in [-0.39, 0.29) is 18.5 Å². The smallest absolute Gasteiger partial charge is 0.324 e. The van der Waals surface area contributed by atoms with Gasteiger partial charge in [-0.3, -0.25) is 14.3 Å². The molecule has 0 bridgehead atoms. The number of benzene rings is 2. The number of nitrogens with zero attached hydrogens (tertiary/aromatic N) is 4. The summed E-state index contributed by atoms with van der Waals surface area (Å²) < 4.78 is 1.98. The topological polar surface area (TPSA) is 80.1 Å². The van der Waals surface area contributed by atoms with E-state index >= 15 is 0 Å². The Balaban J connectivity index is 1.64. The van der Waals surface area contributed by atoms with Crippen molar-refractivity contribution in [3.8, 4) is 17.1 Å². The summed E-state index contributed by atoms with van der Waals surface area (Å²) in [5, 5.41) is 12.6. The van der Waals surface area contributed by atoms with Crippen molar-refractivity contribution in [1.82, 2.24) is 25.0 Å². The van der Waals surface area contributed by atoms with Crippen LogP contribution in [0.5, 0.6) is 0 Å². The number of thioether (sulfide) groups is 1. The molecule has 0 saturated carbocycles. The van der Waals surface area contributed by atoms with Crippen molar-refractivity contribution in [2.24, 2.45) is 0 Å². The van der Waals surface area contributed by atoms with Crippen molar-refractivity contribution in [2.45, 2.75) is 12.1 Å². The number of rotatable bonds is 6. The predicted molar refractivity (Wildman–Crippen MR) is 112 cm³/mol. The molecule has 3 amide bonds. The van der Waals surface area contributed by atoms with Gasteiger partial charge in [0.1, 0.15) is 0 Å². The zero-order chi connectivity index (χ0) is 20.4. The zero-order valence-corrected chi connectivity index (χ0v) is 17.2. The van der Waals surface area contributed by atoms with Crippen molar-refractivity contribution in [3.63, 3.8) is 0 Å². The number of halogens is 1. The molecule has 29 heavy (non-hydrogen) atoms. The van der Waals surface area contributed by atoms with Gasteiger partial charge in [-0.05, 0) is 48.9 Å². The molecule has 3 aromatic rings. The Labute approximate surface area is 177 Å². The monoisotopic (exact) mass is 427 g/mol. The van der Waals surface area contributed by atoms with E-state index in [0.29, 0.717) is 28.3 Å². The Morgan fingerprint density at radius 3 is 2.62 bits per heavy atom. The number of hydrogen-bond acceptors (Lipinski definition) is 5. The second-order valence-corrected chi connectivity index (χ2v) is 8.04. The lowest BCUT2D eigenvalue weighted by atomic mass is 10.2. The second kappa shape index (κ2) is 8.26. The van der Waals surface area contributed by atoms with Gasteiger partial charge in [0.2, 0.25) is 5.91 Å². The molecule has 1 fully saturated rings. The van der Waals surface area contributed by atoms with Crippen LogP contribution in [0, 0.1) is 6.92 Å². The van der Waals surface area contributed by atoms with Gasteiger partial charge in [-0.25, -0.2) is 4.79 Å². The van der Waals surface area contributed by atoms with Gasteiger partial charge >= 0.3 is 6.03 Å². The highest BCUT2D eigenvalue weighted by Crippen LogP contribution is 2.29. The molecule has 7 nitrogen and oxygen atoms in total. The van der Waals surface area contributed by atoms with Crippen LogP contribution < -0.4 is 5.32 Å². The number of imide groups is 1. The molecular weight excluding hydrogens is 410 g/mol. The Morgan fingerprint density at radius 2 is 1.93 bits per heavy atom. The van der Waals surface area contributed by atoms with Crippen molar-refractivity contribution in [3.05, 3.63) is 59.1 Å². The molecule has 0 aliphatic carbocycles. The molecule has 1 saturated heterocycles. The first-order chi connectivity index (χ1) is 14.0. The third kappa shape index (κ3) is 4.13. The lowest BCUT2D eigenvalue weighted by Crippen LogP contribution is -2.32. The van der Waals surface area contributed by atoms with Crippen LogP contribution >= 0.6 is 23.4 Å². The largest absolute Gasteiger partial charge is 0.329 e. The molecule has 0 atom stereocenters. The van der Waals surface area contributed by atoms with Gasteiger partial charge in [-0.1, -0.05) is 35.5 Å². The summed E-state index contributed by atoms with van der Waals surface area (Å²) in [6.45, 7) is 2.40. The molecule has 2 heterocycles. The Morgan fingerprint density at radius 1 is 1.14 bits per heavy atom. The number of carbonyl (C=O) groups is 2. The molecular formula is C20H18ClN5O2S. The molecule has 4 rings (SSSR count). The number of nitrogens with one attached hydrogen (secondary N) is 1. The maximum absolute atomic E-state index is 11.8. The number of urea groups is 1. The van der Waals surface area contributed by atoms with E-state index in [9.17, 15) is 9.59 Å². The summed E-state index contributed by atoms with van der Waals surface area (Å²) in [6.07, 6.45) is 0. The lowest BCUT2D eigenvalue weighted by Gasteiger charge is -2.13. The average Bonchev–Trinajstić information content (AvgIpc) is 3.27. The van der Waals surface area contributed by atoms with Crippen molar-refractivity contribution in [1.29, 1.82) is 0 Å². The molecule has 0 unspecified atom stereocenters. The Bertz CT molecular complexity index is 1050. The van der Waals surface area contributed by atoms with Gasteiger partial charge in [-0.2, -0.15) is 0 Å². The SMILES string of the molecule is Cc1cccc(-n2c(SCCN3C(=O)CNC3=O)nnc2-c2ccc(Cl)cc2)c1. The van der Waals surface area contributed by atoms with Gasteiger partial charge in [0.15, 0.2) is 11.0 Å². The zero-order valence-electron chi connectivity index (χ0n) is 15.6. The summed E-state index contributed by atoms with van der Waals surface area (Å²) in [5.74, 6) is 1.01. The fourth-order valence-corrected chi connectivity index (χ4v) is 4.06. The highest BCUT2D eigenvalue weighted by Gasteiger charge is 2.28. The minimum absolute atomic E-state index is 0.0592. The fourth-order valence-electron chi connectivity index (χ4n) is 3.06. The standard InChI is InChI=1S/C20H18ClN5O2S/c1-13-3-2-4-16(11-13)26-18(14-5-7-15(21)8-6-14)23-24-20(26)29-10-9-25-17(27)12-22-19(25)28/h2-8,11H,9-10,12H2,1H3,(H,22,28). The summed E-state index contributed by atoms with van der Waals surface area (Å²) in [4.78, 5) is 24.7. The normalized spacial score (nSPS) is 13.8. The quantitative estimate of drug-likeness (QED) is 0.480. The van der Waals surface area contributed by atoms with E-state index in [1.807, 2.05) is 54.0 Å². The fraction of sp³-hybridized carbons (Fsp3) is 0.200. The van der Waals surface area contributed by atoms with E-state index in [4.69, 9.17) is 11.6 Å². The van der Waals surface area contributed by atoms with Gasteiger partial charge in [0.05, 0.1) is 6.54 Å². The van der Waals surface area contributed by atoms with Crippen molar-refractivity contribution < 1.29 is 9.59 Å². The highest BCUT2D eigenvalue weighted by molar-refractivity contribution is 7.99. The van der Waals surface area contributed by atoms with E-state index < -0.39 is 0 Å². The number of hydrogen-bond donors (Lipinski definition) is 1. The summed E-state index contributed by atoms with van der Waals surface area (Å²) >= 11 is 7.47. The van der Waals surface area contributed by atoms with Crippen LogP contribution in [0.25, 0.3) is 17.1 Å². The molecule has 0 radical (unpaired) electrons. The van der Waals surface area contributed by atoms with Crippen LogP contribution in [-0.4, -0.2) is 50.4 Å². The van der Waals surface area contributed by atoms with E-state index in [2.05, 4.69) is 21.6 Å². The average molecular weight is 428 g/mol. The first-order valence-corrected chi connectivity index (χ1v) is 10.4. The maximum Gasteiger partial charge on any atom is 0.324 e. The van der Waals surface area contributed by atoms with Crippen LogP contribution in [-0.2, 0) is 4.79 Å². The number of amides is 3. The minimum Gasteiger partial charge on any atom is -0.329 e. The van der Waals surface area contributed by atoms with Gasteiger partial charge in [0, 0.05) is 28.6 Å². The lowest BCUT2D eigenvalue weighted by molar-refractivity contribution is -0.124. The minimum atomic E-state index is -0.349. The van der Waals surface area contributed by atoms with E-state index in [1.54, 1.807) is 0 Å². The molecule has 1 aromatic heterocycles. The molecule has 148 valence electrons.